The van der Waals surface area contributed by atoms with Gasteiger partial charge in [-0.15, -0.1) is 0 Å². The lowest BCUT2D eigenvalue weighted by atomic mass is 9.93. The van der Waals surface area contributed by atoms with E-state index < -0.39 is 88.2 Å². The summed E-state index contributed by atoms with van der Waals surface area (Å²) in [6.45, 7) is 3.07. The topological polar surface area (TPSA) is 36.9 Å². The third-order valence-corrected chi connectivity index (χ3v) is 6.07. The highest BCUT2D eigenvalue weighted by Crippen LogP contribution is 2.44. The molecule has 0 amide bonds. The first-order valence-corrected chi connectivity index (χ1v) is 12.0. The minimum absolute atomic E-state index is 0.0417. The van der Waals surface area contributed by atoms with E-state index in [0.717, 1.165) is 0 Å². The van der Waals surface area contributed by atoms with Gasteiger partial charge >= 0.3 is 7.32 Å². The monoisotopic (exact) mass is 596 g/mol. The number of hydrogen-bond acceptors (Lipinski definition) is 4. The van der Waals surface area contributed by atoms with E-state index in [-0.39, 0.29) is 17.5 Å². The van der Waals surface area contributed by atoms with E-state index in [9.17, 15) is 35.1 Å². The Morgan fingerprint density at radius 3 is 1.39 bits per heavy atom. The summed E-state index contributed by atoms with van der Waals surface area (Å²) in [6.07, 6.45) is -0.0438. The van der Waals surface area contributed by atoms with Crippen molar-refractivity contribution in [2.45, 2.75) is 26.0 Å². The van der Waals surface area contributed by atoms with Crippen molar-refractivity contribution in [1.82, 2.24) is 0 Å². The van der Waals surface area contributed by atoms with Crippen LogP contribution in [0.5, 0.6) is 17.2 Å². The largest absolute Gasteiger partial charge is 0.864 e. The van der Waals surface area contributed by atoms with E-state index in [1.165, 1.54) is 0 Å². The van der Waals surface area contributed by atoms with Gasteiger partial charge < -0.3 is 18.7 Å². The van der Waals surface area contributed by atoms with Crippen molar-refractivity contribution in [2.75, 3.05) is 27.7 Å². The number of rotatable bonds is 11. The van der Waals surface area contributed by atoms with Crippen LogP contribution in [-0.2, 0) is 10.5 Å². The molecule has 15 heteroatoms. The Labute approximate surface area is 229 Å². The maximum absolute atomic E-state index is 15.5. The van der Waals surface area contributed by atoms with E-state index in [2.05, 4.69) is 0 Å². The zero-order chi connectivity index (χ0) is 30.9. The summed E-state index contributed by atoms with van der Waals surface area (Å²) in [7, 11) is 2.28. The van der Waals surface area contributed by atoms with Crippen molar-refractivity contribution >= 4 is 7.32 Å². The molecule has 222 valence electrons. The van der Waals surface area contributed by atoms with Crippen molar-refractivity contribution in [3.63, 3.8) is 0 Å². The van der Waals surface area contributed by atoms with E-state index in [0.29, 0.717) is 30.3 Å². The van der Waals surface area contributed by atoms with Crippen LogP contribution < -0.4 is 14.0 Å². The fourth-order valence-electron chi connectivity index (χ4n) is 4.22. The van der Waals surface area contributed by atoms with Crippen LogP contribution in [0.15, 0.2) is 30.3 Å². The Kier molecular flexibility index (Phi) is 9.43. The summed E-state index contributed by atoms with van der Waals surface area (Å²) in [6, 6.07) is 1.79. The second-order valence-electron chi connectivity index (χ2n) is 9.49. The molecule has 0 aromatic heterocycles. The Balaban J connectivity index is 2.23. The molecule has 0 saturated heterocycles. The highest BCUT2D eigenvalue weighted by molar-refractivity contribution is 6.39. The predicted molar refractivity (Wildman–Crippen MR) is 128 cm³/mol. The lowest BCUT2D eigenvalue weighted by Crippen LogP contribution is -2.57. The van der Waals surface area contributed by atoms with Gasteiger partial charge in [0.25, 0.3) is 0 Å². The summed E-state index contributed by atoms with van der Waals surface area (Å²) >= 11 is 0. The minimum Gasteiger partial charge on any atom is -0.489 e. The average Bonchev–Trinajstić information content (AvgIpc) is 2.87. The molecule has 0 fully saturated rings. The molecule has 41 heavy (non-hydrogen) atoms. The number of hydrogen-bond donors (Lipinski definition) is 0. The molecule has 0 radical (unpaired) electrons. The van der Waals surface area contributed by atoms with Gasteiger partial charge in [0.05, 0.1) is 27.7 Å². The van der Waals surface area contributed by atoms with E-state index in [4.69, 9.17) is 18.7 Å². The van der Waals surface area contributed by atoms with Gasteiger partial charge in [-0.05, 0) is 6.92 Å². The second kappa shape index (κ2) is 12.1. The van der Waals surface area contributed by atoms with Gasteiger partial charge in [-0.3, -0.25) is 4.48 Å². The average molecular weight is 596 g/mol. The quantitative estimate of drug-likeness (QED) is 0.0806. The summed E-state index contributed by atoms with van der Waals surface area (Å²) in [5, 5.41) is 0. The number of quaternary nitrogens is 1. The Morgan fingerprint density at radius 2 is 1.02 bits per heavy atom. The number of halogens is 9. The molecule has 0 aliphatic rings. The van der Waals surface area contributed by atoms with Gasteiger partial charge in [-0.1, -0.05) is 6.92 Å². The van der Waals surface area contributed by atoms with Crippen LogP contribution >= 0.6 is 0 Å². The van der Waals surface area contributed by atoms with Crippen molar-refractivity contribution in [1.29, 1.82) is 0 Å². The van der Waals surface area contributed by atoms with Gasteiger partial charge in [0.2, 0.25) is 5.72 Å². The van der Waals surface area contributed by atoms with E-state index in [1.54, 1.807) is 35.0 Å². The maximum atomic E-state index is 15.5. The third-order valence-electron chi connectivity index (χ3n) is 6.07. The molecule has 3 aromatic rings. The molecule has 0 heterocycles. The first kappa shape index (κ1) is 31.9. The van der Waals surface area contributed by atoms with E-state index in [1.807, 2.05) is 0 Å². The van der Waals surface area contributed by atoms with Gasteiger partial charge in [0, 0.05) is 36.8 Å². The summed E-state index contributed by atoms with van der Waals surface area (Å²) in [5.41, 5.74) is -2.42. The lowest BCUT2D eigenvalue weighted by molar-refractivity contribution is -0.961. The molecule has 5 nitrogen and oxygen atoms in total. The number of nitrogens with zero attached hydrogens (tertiary/aromatic N) is 1. The summed E-state index contributed by atoms with van der Waals surface area (Å²) in [4.78, 5) is 0. The Bertz CT molecular complexity index is 1330. The Morgan fingerprint density at radius 1 is 0.610 bits per heavy atom. The molecule has 3 aromatic carbocycles. The third kappa shape index (κ3) is 6.35. The molecule has 3 rings (SSSR count). The molecular weight excluding hydrogens is 572 g/mol. The fourth-order valence-corrected chi connectivity index (χ4v) is 4.22. The minimum atomic E-state index is -2.39. The van der Waals surface area contributed by atoms with Crippen LogP contribution in [0.3, 0.4) is 0 Å². The van der Waals surface area contributed by atoms with Gasteiger partial charge in [-0.25, -0.2) is 39.5 Å². The molecule has 1 unspecified atom stereocenters. The molecule has 0 spiro atoms. The maximum Gasteiger partial charge on any atom is 0.864 e. The zero-order valence-corrected chi connectivity index (χ0v) is 22.4. The summed E-state index contributed by atoms with van der Waals surface area (Å²) < 4.78 is 148. The van der Waals surface area contributed by atoms with E-state index >= 15 is 4.39 Å². The van der Waals surface area contributed by atoms with Crippen LogP contribution in [0.4, 0.5) is 39.5 Å². The van der Waals surface area contributed by atoms with Gasteiger partial charge in [0.15, 0.2) is 52.4 Å². The molecule has 0 bridgehead atoms. The van der Waals surface area contributed by atoms with Crippen LogP contribution in [0.25, 0.3) is 0 Å². The summed E-state index contributed by atoms with van der Waals surface area (Å²) in [5.74, 6) is -18.4. The number of ether oxygens (including phenoxy) is 1. The molecule has 0 aliphatic heterocycles. The van der Waals surface area contributed by atoms with Crippen molar-refractivity contribution < 1.29 is 62.7 Å². The normalized spacial score (nSPS) is 13.1. The molecule has 1 atom stereocenters. The molecule has 0 aliphatic carbocycles. The first-order chi connectivity index (χ1) is 19.1. The Hall–Kier alpha value is -3.59. The van der Waals surface area contributed by atoms with Crippen molar-refractivity contribution in [2.24, 2.45) is 0 Å². The second-order valence-corrected chi connectivity index (χ2v) is 9.49. The first-order valence-electron chi connectivity index (χ1n) is 12.0. The van der Waals surface area contributed by atoms with Crippen LogP contribution in [0.2, 0.25) is 0 Å². The highest BCUT2D eigenvalue weighted by Gasteiger charge is 2.51. The predicted octanol–water partition coefficient (Wildman–Crippen LogP) is 6.77. The van der Waals surface area contributed by atoms with Crippen molar-refractivity contribution in [3.05, 3.63) is 88.3 Å². The van der Waals surface area contributed by atoms with Crippen molar-refractivity contribution in [3.8, 4) is 17.2 Å². The zero-order valence-electron chi connectivity index (χ0n) is 22.4. The van der Waals surface area contributed by atoms with Crippen LogP contribution in [0.1, 0.15) is 25.8 Å². The highest BCUT2D eigenvalue weighted by atomic mass is 19.2. The standard InChI is InChI=1S/C26H24BF9NO4/c1-6-26(38-7-2,37(3,4)5)21-20(12-19(32)24(35)25(21)36)41-27(39-13-8-15(28)22(33)16(29)9-13)40-14-10-17(30)23(34)18(31)11-14/h8-12H,6-7H2,1-5H3/q+1. The molecule has 0 saturated carbocycles. The number of benzene rings is 3. The van der Waals surface area contributed by atoms with Crippen LogP contribution in [-0.4, -0.2) is 39.6 Å². The smallest absolute Gasteiger partial charge is 0.489 e. The molecule has 0 N–H and O–H groups in total. The molecular formula is C26H24BF9NO4+. The SMILES string of the molecule is CCOC(CC)(c1c(OB(Oc2cc(F)c(F)c(F)c2)Oc2cc(F)c(F)c(F)c2)cc(F)c(F)c1F)[N+](C)(C)C. The van der Waals surface area contributed by atoms with Crippen LogP contribution in [0, 0.1) is 52.4 Å². The van der Waals surface area contributed by atoms with Gasteiger partial charge in [-0.2, -0.15) is 0 Å². The fraction of sp³-hybridized carbons (Fsp3) is 0.308. The lowest BCUT2D eigenvalue weighted by Gasteiger charge is -2.45. The van der Waals surface area contributed by atoms with Gasteiger partial charge in [0.1, 0.15) is 22.8 Å².